The lowest BCUT2D eigenvalue weighted by atomic mass is 10.1. The van der Waals surface area contributed by atoms with Gasteiger partial charge in [0.25, 0.3) is 0 Å². The zero-order chi connectivity index (χ0) is 28.2. The summed E-state index contributed by atoms with van der Waals surface area (Å²) in [6.07, 6.45) is 1.46. The minimum absolute atomic E-state index is 0.0227. The van der Waals surface area contributed by atoms with E-state index in [1.165, 1.54) is 0 Å². The Kier molecular flexibility index (Phi) is 9.86. The van der Waals surface area contributed by atoms with Crippen molar-refractivity contribution in [3.8, 4) is 23.3 Å². The molecule has 0 amide bonds. The molecule has 5 nitrogen and oxygen atoms in total. The highest BCUT2D eigenvalue weighted by atomic mass is 28.4. The van der Waals surface area contributed by atoms with Crippen LogP contribution in [0.1, 0.15) is 54.2 Å². The summed E-state index contributed by atoms with van der Waals surface area (Å²) in [7, 11) is -0.399. The van der Waals surface area contributed by atoms with Gasteiger partial charge >= 0.3 is 5.89 Å². The number of aromatic nitrogens is 1. The molecule has 1 atom stereocenters. The van der Waals surface area contributed by atoms with Gasteiger partial charge < -0.3 is 18.0 Å². The third-order valence-electron chi connectivity index (χ3n) is 7.82. The van der Waals surface area contributed by atoms with Gasteiger partial charge in [-0.1, -0.05) is 71.6 Å². The van der Waals surface area contributed by atoms with E-state index < -0.39 is 22.7 Å². The Balaban J connectivity index is 2.50. The van der Waals surface area contributed by atoms with Crippen LogP contribution in [0, 0.1) is 11.8 Å². The third-order valence-corrected chi connectivity index (χ3v) is 16.7. The first-order valence-electron chi connectivity index (χ1n) is 13.0. The van der Waals surface area contributed by atoms with Crippen LogP contribution in [-0.2, 0) is 20.6 Å². The topological polar surface area (TPSA) is 44.7 Å². The molecule has 0 aliphatic rings. The number of oxazole rings is 1. The average Bonchev–Trinajstić information content (AvgIpc) is 3.17. The maximum atomic E-state index is 6.81. The molecule has 1 aromatic heterocycles. The van der Waals surface area contributed by atoms with E-state index in [0.29, 0.717) is 12.4 Å². The molecule has 7 heteroatoms. The highest BCUT2D eigenvalue weighted by Gasteiger charge is 2.41. The van der Waals surface area contributed by atoms with Crippen molar-refractivity contribution in [1.29, 1.82) is 0 Å². The number of hydrogen-bond donors (Lipinski definition) is 0. The van der Waals surface area contributed by atoms with E-state index in [9.17, 15) is 0 Å². The van der Waals surface area contributed by atoms with Crippen molar-refractivity contribution in [2.75, 3.05) is 13.7 Å². The molecular formula is C30H48NO4Si2+. The first kappa shape index (κ1) is 31.1. The quantitative estimate of drug-likeness (QED) is 0.149. The fourth-order valence-corrected chi connectivity index (χ4v) is 5.19. The lowest BCUT2D eigenvalue weighted by molar-refractivity contribution is -0.662. The Morgan fingerprint density at radius 1 is 0.973 bits per heavy atom. The van der Waals surface area contributed by atoms with Gasteiger partial charge in [-0.25, -0.2) is 0 Å². The van der Waals surface area contributed by atoms with Gasteiger partial charge in [0, 0.05) is 5.57 Å². The van der Waals surface area contributed by atoms with Crippen LogP contribution in [-0.4, -0.2) is 36.5 Å². The summed E-state index contributed by atoms with van der Waals surface area (Å²) < 4.78 is 27.4. The average molecular weight is 543 g/mol. The van der Waals surface area contributed by atoms with Crippen molar-refractivity contribution < 1.29 is 22.6 Å². The van der Waals surface area contributed by atoms with Gasteiger partial charge in [-0.15, -0.1) is 0 Å². The van der Waals surface area contributed by atoms with Crippen LogP contribution in [0.25, 0.3) is 17.0 Å². The molecule has 0 saturated carbocycles. The number of aryl methyl sites for hydroxylation is 1. The largest absolute Gasteiger partial charge is 0.497 e. The zero-order valence-corrected chi connectivity index (χ0v) is 27.3. The Morgan fingerprint density at radius 2 is 1.54 bits per heavy atom. The smallest absolute Gasteiger partial charge is 0.380 e. The van der Waals surface area contributed by atoms with Gasteiger partial charge in [0.1, 0.15) is 12.8 Å². The molecule has 0 bridgehead atoms. The predicted molar refractivity (Wildman–Crippen MR) is 158 cm³/mol. The van der Waals surface area contributed by atoms with Gasteiger partial charge in [0.05, 0.1) is 19.3 Å². The predicted octanol–water partition coefficient (Wildman–Crippen LogP) is 7.56. The molecule has 0 aliphatic heterocycles. The molecule has 2 aromatic rings. The Bertz CT molecular complexity index is 1140. The standard InChI is InChI=1S/C30H48NO4Si2/c1-23(26-22-31(8)28(34-26)24-18-15-14-16-19-24)27(32-9)25(35-37(12,13)30(5,6)7)20-17-21-33-36(10,11)29(2,3)4/h14-16,18-19,22,25H,21H2,1-13H3/q+1/b27-23+. The molecule has 0 radical (unpaired) electrons. The molecule has 1 aromatic carbocycles. The van der Waals surface area contributed by atoms with Gasteiger partial charge in [-0.05, 0) is 55.3 Å². The molecular weight excluding hydrogens is 495 g/mol. The van der Waals surface area contributed by atoms with Crippen molar-refractivity contribution in [1.82, 2.24) is 0 Å². The van der Waals surface area contributed by atoms with E-state index >= 15 is 0 Å². The summed E-state index contributed by atoms with van der Waals surface area (Å²) in [6, 6.07) is 10.1. The van der Waals surface area contributed by atoms with Crippen molar-refractivity contribution >= 4 is 22.2 Å². The monoisotopic (exact) mass is 542 g/mol. The summed E-state index contributed by atoms with van der Waals surface area (Å²) in [6.45, 7) is 24.7. The Morgan fingerprint density at radius 3 is 2.05 bits per heavy atom. The maximum absolute atomic E-state index is 6.81. The summed E-state index contributed by atoms with van der Waals surface area (Å²) in [5.41, 5.74) is 1.88. The van der Waals surface area contributed by atoms with Crippen LogP contribution in [0.5, 0.6) is 0 Å². The lowest BCUT2D eigenvalue weighted by Crippen LogP contribution is -2.44. The minimum Gasteiger partial charge on any atom is -0.497 e. The third kappa shape index (κ3) is 7.70. The molecule has 1 heterocycles. The molecule has 0 fully saturated rings. The summed E-state index contributed by atoms with van der Waals surface area (Å²) in [5, 5.41) is 0.153. The number of benzene rings is 1. The van der Waals surface area contributed by atoms with Crippen LogP contribution >= 0.6 is 0 Å². The van der Waals surface area contributed by atoms with E-state index in [0.717, 1.165) is 22.8 Å². The number of rotatable bonds is 8. The Hall–Kier alpha value is -2.12. The van der Waals surface area contributed by atoms with E-state index in [2.05, 4.69) is 79.6 Å². The van der Waals surface area contributed by atoms with Crippen LogP contribution in [0.2, 0.25) is 36.3 Å². The molecule has 37 heavy (non-hydrogen) atoms. The van der Waals surface area contributed by atoms with Crippen LogP contribution in [0.4, 0.5) is 0 Å². The highest BCUT2D eigenvalue weighted by molar-refractivity contribution is 6.74. The van der Waals surface area contributed by atoms with Gasteiger partial charge in [0.2, 0.25) is 12.0 Å². The molecule has 0 spiro atoms. The van der Waals surface area contributed by atoms with Crippen molar-refractivity contribution in [3.05, 3.63) is 48.0 Å². The molecule has 204 valence electrons. The second kappa shape index (κ2) is 11.7. The fraction of sp³-hybridized carbons (Fsp3) is 0.567. The molecule has 0 saturated heterocycles. The van der Waals surface area contributed by atoms with E-state index in [4.69, 9.17) is 18.0 Å². The lowest BCUT2D eigenvalue weighted by Gasteiger charge is -2.38. The number of allylic oxidation sites excluding steroid dienone is 1. The molecule has 1 unspecified atom stereocenters. The molecule has 0 N–H and O–H groups in total. The van der Waals surface area contributed by atoms with Gasteiger partial charge in [-0.3, -0.25) is 0 Å². The van der Waals surface area contributed by atoms with Crippen molar-refractivity contribution in [2.24, 2.45) is 7.05 Å². The van der Waals surface area contributed by atoms with E-state index in [-0.39, 0.29) is 10.1 Å². The van der Waals surface area contributed by atoms with Crippen LogP contribution in [0.3, 0.4) is 0 Å². The Labute approximate surface area is 227 Å². The zero-order valence-electron chi connectivity index (χ0n) is 25.3. The number of hydrogen-bond acceptors (Lipinski definition) is 4. The number of methoxy groups -OCH3 is 1. The number of nitrogens with zero attached hydrogens (tertiary/aromatic N) is 1. The maximum Gasteiger partial charge on any atom is 0.380 e. The minimum atomic E-state index is -2.16. The second-order valence-corrected chi connectivity index (χ2v) is 22.3. The SMILES string of the molecule is CO/C(=C(\C)c1c[n+](C)c(-c2ccccc2)o1)C(C#CCO[Si](C)(C)C(C)(C)C)O[Si](C)(C)C(C)(C)C. The summed E-state index contributed by atoms with van der Waals surface area (Å²) in [5.74, 6) is 8.78. The fourth-order valence-electron chi connectivity index (χ4n) is 3.22. The molecule has 2 rings (SSSR count). The van der Waals surface area contributed by atoms with Crippen LogP contribution in [0.15, 0.2) is 46.7 Å². The highest BCUT2D eigenvalue weighted by Crippen LogP contribution is 2.39. The molecule has 0 aliphatic carbocycles. The first-order valence-corrected chi connectivity index (χ1v) is 18.8. The van der Waals surface area contributed by atoms with E-state index in [1.807, 2.05) is 55.1 Å². The van der Waals surface area contributed by atoms with Crippen molar-refractivity contribution in [2.45, 2.75) is 90.8 Å². The summed E-state index contributed by atoms with van der Waals surface area (Å²) >= 11 is 0. The number of ether oxygens (including phenoxy) is 1. The van der Waals surface area contributed by atoms with Crippen molar-refractivity contribution in [3.63, 3.8) is 0 Å². The van der Waals surface area contributed by atoms with E-state index in [1.54, 1.807) is 7.11 Å². The normalized spacial score (nSPS) is 14.5. The van der Waals surface area contributed by atoms with Gasteiger partial charge in [0.15, 0.2) is 22.7 Å². The second-order valence-electron chi connectivity index (χ2n) is 12.7. The van der Waals surface area contributed by atoms with Gasteiger partial charge in [-0.2, -0.15) is 4.57 Å². The van der Waals surface area contributed by atoms with Crippen LogP contribution < -0.4 is 4.57 Å². The summed E-state index contributed by atoms with van der Waals surface area (Å²) in [4.78, 5) is 0. The first-order chi connectivity index (χ1) is 16.9.